The Kier molecular flexibility index (Phi) is 5.29. The quantitative estimate of drug-likeness (QED) is 0.770. The average Bonchev–Trinajstić information content (AvgIpc) is 2.27. The second kappa shape index (κ2) is 6.26. The van der Waals surface area contributed by atoms with E-state index in [2.05, 4.69) is 60.0 Å². The highest BCUT2D eigenvalue weighted by Gasteiger charge is 2.09. The number of ether oxygens (including phenoxy) is 1. The van der Waals surface area contributed by atoms with Crippen LogP contribution in [0.25, 0.3) is 0 Å². The normalized spacial score (nSPS) is 12.9. The Morgan fingerprint density at radius 3 is 2.56 bits per heavy atom. The molecule has 0 aliphatic rings. The number of hydrogen-bond acceptors (Lipinski definition) is 2. The molecule has 0 saturated carbocycles. The monoisotopic (exact) mass is 285 g/mol. The maximum absolute atomic E-state index is 5.38. The standard InChI is InChI=1S/C13H20BrNO/c1-10(8-14)11-5-6-13(16-4)12(7-11)9-15(2)3/h5-7,10H,8-9H2,1-4H3. The lowest BCUT2D eigenvalue weighted by molar-refractivity contribution is 0.371. The molecular formula is C13H20BrNO. The van der Waals surface area contributed by atoms with E-state index in [1.165, 1.54) is 11.1 Å². The van der Waals surface area contributed by atoms with Crippen molar-refractivity contribution in [3.63, 3.8) is 0 Å². The molecular weight excluding hydrogens is 266 g/mol. The van der Waals surface area contributed by atoms with Gasteiger partial charge in [0.15, 0.2) is 0 Å². The van der Waals surface area contributed by atoms with Crippen molar-refractivity contribution in [2.24, 2.45) is 0 Å². The van der Waals surface area contributed by atoms with Crippen LogP contribution >= 0.6 is 15.9 Å². The molecule has 16 heavy (non-hydrogen) atoms. The van der Waals surface area contributed by atoms with Crippen molar-refractivity contribution in [2.45, 2.75) is 19.4 Å². The lowest BCUT2D eigenvalue weighted by Gasteiger charge is -2.16. The minimum absolute atomic E-state index is 0.534. The number of hydrogen-bond donors (Lipinski definition) is 0. The molecule has 1 atom stereocenters. The molecule has 0 aromatic heterocycles. The first kappa shape index (κ1) is 13.5. The number of methoxy groups -OCH3 is 1. The fourth-order valence-electron chi connectivity index (χ4n) is 1.66. The smallest absolute Gasteiger partial charge is 0.123 e. The Balaban J connectivity index is 3.00. The van der Waals surface area contributed by atoms with Gasteiger partial charge in [-0.25, -0.2) is 0 Å². The predicted molar refractivity (Wildman–Crippen MR) is 72.6 cm³/mol. The Labute approximate surface area is 107 Å². The third-order valence-corrected chi connectivity index (χ3v) is 3.56. The van der Waals surface area contributed by atoms with Crippen molar-refractivity contribution >= 4 is 15.9 Å². The first-order valence-electron chi connectivity index (χ1n) is 5.46. The summed E-state index contributed by atoms with van der Waals surface area (Å²) in [6, 6.07) is 6.45. The summed E-state index contributed by atoms with van der Waals surface area (Å²) in [5, 5.41) is 0.987. The van der Waals surface area contributed by atoms with Crippen LogP contribution in [0.3, 0.4) is 0 Å². The van der Waals surface area contributed by atoms with Crippen molar-refractivity contribution in [2.75, 3.05) is 26.5 Å². The molecule has 0 spiro atoms. The third-order valence-electron chi connectivity index (χ3n) is 2.59. The van der Waals surface area contributed by atoms with E-state index in [4.69, 9.17) is 4.74 Å². The van der Waals surface area contributed by atoms with Gasteiger partial charge in [0.05, 0.1) is 7.11 Å². The molecule has 3 heteroatoms. The molecule has 2 nitrogen and oxygen atoms in total. The van der Waals surface area contributed by atoms with E-state index in [1.807, 2.05) is 0 Å². The summed E-state index contributed by atoms with van der Waals surface area (Å²) in [6.45, 7) is 3.13. The van der Waals surface area contributed by atoms with Gasteiger partial charge in [-0.1, -0.05) is 35.0 Å². The van der Waals surface area contributed by atoms with Crippen LogP contribution in [0.2, 0.25) is 0 Å². The van der Waals surface area contributed by atoms with E-state index in [1.54, 1.807) is 7.11 Å². The molecule has 0 bridgehead atoms. The van der Waals surface area contributed by atoms with Crippen molar-refractivity contribution in [1.82, 2.24) is 4.90 Å². The molecule has 0 amide bonds. The molecule has 0 N–H and O–H groups in total. The van der Waals surface area contributed by atoms with Crippen LogP contribution in [0.15, 0.2) is 18.2 Å². The Morgan fingerprint density at radius 2 is 2.06 bits per heavy atom. The largest absolute Gasteiger partial charge is 0.496 e. The lowest BCUT2D eigenvalue weighted by Crippen LogP contribution is -2.12. The number of halogens is 1. The first-order valence-corrected chi connectivity index (χ1v) is 6.58. The predicted octanol–water partition coefficient (Wildman–Crippen LogP) is 3.26. The molecule has 1 rings (SSSR count). The summed E-state index contributed by atoms with van der Waals surface area (Å²) in [6.07, 6.45) is 0. The van der Waals surface area contributed by atoms with Gasteiger partial charge in [0.25, 0.3) is 0 Å². The van der Waals surface area contributed by atoms with Crippen LogP contribution in [0.5, 0.6) is 5.75 Å². The van der Waals surface area contributed by atoms with Crippen molar-refractivity contribution < 1.29 is 4.74 Å². The molecule has 0 aliphatic carbocycles. The molecule has 0 aliphatic heterocycles. The third kappa shape index (κ3) is 3.49. The van der Waals surface area contributed by atoms with Crippen LogP contribution in [0, 0.1) is 0 Å². The van der Waals surface area contributed by atoms with E-state index in [0.717, 1.165) is 17.6 Å². The summed E-state index contributed by atoms with van der Waals surface area (Å²) in [7, 11) is 5.86. The van der Waals surface area contributed by atoms with Crippen LogP contribution in [0.4, 0.5) is 0 Å². The number of alkyl halides is 1. The van der Waals surface area contributed by atoms with E-state index >= 15 is 0 Å². The molecule has 1 aromatic rings. The first-order chi connectivity index (χ1) is 7.58. The van der Waals surface area contributed by atoms with Gasteiger partial charge in [-0.3, -0.25) is 0 Å². The fourth-order valence-corrected chi connectivity index (χ4v) is 2.03. The molecule has 0 heterocycles. The topological polar surface area (TPSA) is 12.5 Å². The number of nitrogens with zero attached hydrogens (tertiary/aromatic N) is 1. The highest BCUT2D eigenvalue weighted by atomic mass is 79.9. The molecule has 1 aromatic carbocycles. The minimum atomic E-state index is 0.534. The Hall–Kier alpha value is -0.540. The van der Waals surface area contributed by atoms with Crippen LogP contribution in [-0.2, 0) is 6.54 Å². The molecule has 0 fully saturated rings. The van der Waals surface area contributed by atoms with Crippen LogP contribution in [-0.4, -0.2) is 31.4 Å². The summed E-state index contributed by atoms with van der Waals surface area (Å²) in [5.41, 5.74) is 2.60. The maximum atomic E-state index is 5.38. The average molecular weight is 286 g/mol. The zero-order valence-corrected chi connectivity index (χ0v) is 12.0. The Bertz CT molecular complexity index is 339. The van der Waals surface area contributed by atoms with Crippen LogP contribution in [0.1, 0.15) is 24.0 Å². The van der Waals surface area contributed by atoms with Gasteiger partial charge in [-0.15, -0.1) is 0 Å². The summed E-state index contributed by atoms with van der Waals surface area (Å²) in [5.74, 6) is 1.51. The van der Waals surface area contributed by atoms with Gasteiger partial charge in [0.2, 0.25) is 0 Å². The van der Waals surface area contributed by atoms with Gasteiger partial charge in [0.1, 0.15) is 5.75 Å². The highest BCUT2D eigenvalue weighted by molar-refractivity contribution is 9.09. The lowest BCUT2D eigenvalue weighted by atomic mass is 10.00. The van der Waals surface area contributed by atoms with Gasteiger partial charge in [0, 0.05) is 17.4 Å². The summed E-state index contributed by atoms with van der Waals surface area (Å²) in [4.78, 5) is 2.15. The van der Waals surface area contributed by atoms with Crippen molar-refractivity contribution in [1.29, 1.82) is 0 Å². The SMILES string of the molecule is COc1ccc(C(C)CBr)cc1CN(C)C. The highest BCUT2D eigenvalue weighted by Crippen LogP contribution is 2.25. The summed E-state index contributed by atoms with van der Waals surface area (Å²) >= 11 is 3.52. The van der Waals surface area contributed by atoms with Crippen molar-refractivity contribution in [3.8, 4) is 5.75 Å². The fraction of sp³-hybridized carbons (Fsp3) is 0.538. The second-order valence-electron chi connectivity index (χ2n) is 4.36. The van der Waals surface area contributed by atoms with Gasteiger partial charge >= 0.3 is 0 Å². The van der Waals surface area contributed by atoms with Gasteiger partial charge in [-0.05, 0) is 31.6 Å². The zero-order chi connectivity index (χ0) is 12.1. The van der Waals surface area contributed by atoms with Gasteiger partial charge < -0.3 is 9.64 Å². The minimum Gasteiger partial charge on any atom is -0.496 e. The molecule has 0 saturated heterocycles. The van der Waals surface area contributed by atoms with E-state index in [9.17, 15) is 0 Å². The van der Waals surface area contributed by atoms with Crippen molar-refractivity contribution in [3.05, 3.63) is 29.3 Å². The van der Waals surface area contributed by atoms with E-state index in [0.29, 0.717) is 5.92 Å². The van der Waals surface area contributed by atoms with E-state index in [-0.39, 0.29) is 0 Å². The zero-order valence-electron chi connectivity index (χ0n) is 10.5. The number of rotatable bonds is 5. The number of benzene rings is 1. The molecule has 0 radical (unpaired) electrons. The Morgan fingerprint density at radius 1 is 1.38 bits per heavy atom. The van der Waals surface area contributed by atoms with Crippen LogP contribution < -0.4 is 4.74 Å². The second-order valence-corrected chi connectivity index (χ2v) is 5.01. The van der Waals surface area contributed by atoms with Gasteiger partial charge in [-0.2, -0.15) is 0 Å². The molecule has 90 valence electrons. The molecule has 1 unspecified atom stereocenters. The summed E-state index contributed by atoms with van der Waals surface area (Å²) < 4.78 is 5.38. The van der Waals surface area contributed by atoms with E-state index < -0.39 is 0 Å². The maximum Gasteiger partial charge on any atom is 0.123 e.